The summed E-state index contributed by atoms with van der Waals surface area (Å²) in [6, 6.07) is 10.7. The van der Waals surface area contributed by atoms with Crippen LogP contribution < -0.4 is 14.8 Å². The normalized spacial score (nSPS) is 14.3. The number of likely N-dealkylation sites (tertiary alicyclic amines) is 1. The molecule has 0 radical (unpaired) electrons. The van der Waals surface area contributed by atoms with Crippen LogP contribution >= 0.6 is 0 Å². The third-order valence-electron chi connectivity index (χ3n) is 6.13. The molecular formula is C27H34FN5O5S. The highest BCUT2D eigenvalue weighted by Gasteiger charge is 2.27. The maximum Gasteiger partial charge on any atom is 0.323 e. The number of nitrogens with two attached hydrogens (primary N) is 1. The first-order chi connectivity index (χ1) is 18.5. The van der Waals surface area contributed by atoms with Gasteiger partial charge < -0.3 is 20.1 Å². The Labute approximate surface area is 228 Å². The van der Waals surface area contributed by atoms with E-state index in [-0.39, 0.29) is 36.5 Å². The third kappa shape index (κ3) is 8.28. The van der Waals surface area contributed by atoms with E-state index in [1.54, 1.807) is 50.3 Å². The highest BCUT2D eigenvalue weighted by molar-refractivity contribution is 7.93. The van der Waals surface area contributed by atoms with Crippen molar-refractivity contribution in [1.82, 2.24) is 4.90 Å². The molecule has 2 aromatic rings. The lowest BCUT2D eigenvalue weighted by Crippen LogP contribution is -2.40. The molecule has 1 saturated heterocycles. The van der Waals surface area contributed by atoms with E-state index in [9.17, 15) is 13.2 Å². The van der Waals surface area contributed by atoms with Crippen molar-refractivity contribution in [2.75, 3.05) is 36.3 Å². The van der Waals surface area contributed by atoms with E-state index in [0.29, 0.717) is 42.9 Å². The molecule has 1 aliphatic heterocycles. The molecule has 0 spiro atoms. The molecule has 1 fully saturated rings. The number of nitrogens with one attached hydrogen (secondary N) is 2. The Hall–Kier alpha value is -3.93. The third-order valence-corrected chi connectivity index (χ3v) is 7.77. The number of carbonyl (C=O) groups excluding carboxylic acids is 1. The van der Waals surface area contributed by atoms with Gasteiger partial charge in [-0.2, -0.15) is 0 Å². The van der Waals surface area contributed by atoms with E-state index in [2.05, 4.69) is 0 Å². The van der Waals surface area contributed by atoms with E-state index < -0.39 is 27.6 Å². The first kappa shape index (κ1) is 29.6. The zero-order chi connectivity index (χ0) is 28.6. The van der Waals surface area contributed by atoms with Gasteiger partial charge in [0.2, 0.25) is 10.0 Å². The molecule has 1 heterocycles. The summed E-state index contributed by atoms with van der Waals surface area (Å²) >= 11 is 0. The number of rotatable bonds is 11. The summed E-state index contributed by atoms with van der Waals surface area (Å²) in [4.78, 5) is 13.9. The summed E-state index contributed by atoms with van der Waals surface area (Å²) in [6.45, 7) is 4.42. The summed E-state index contributed by atoms with van der Waals surface area (Å²) in [7, 11) is -4.22. The number of halogens is 1. The fourth-order valence-electron chi connectivity index (χ4n) is 4.13. The summed E-state index contributed by atoms with van der Waals surface area (Å²) in [5.74, 6) is -2.16. The minimum absolute atomic E-state index is 0.00288. The van der Waals surface area contributed by atoms with Crippen LogP contribution in [0.2, 0.25) is 0 Å². The second-order valence-corrected chi connectivity index (χ2v) is 10.9. The Morgan fingerprint density at radius 3 is 2.54 bits per heavy atom. The highest BCUT2D eigenvalue weighted by atomic mass is 32.2. The van der Waals surface area contributed by atoms with E-state index in [4.69, 9.17) is 26.0 Å². The standard InChI is InChI=1S/C27H34FN5O5S/c1-3-37-26(34)18-39(35,36)33(13-5-7-20-6-4-8-21(16-20)27(30)31)22-9-10-25(24(28)17-22)38-23-11-14-32(15-12-23)19(2)29/h4-10,16-17,23,29H,3,11-15,18H2,1-2H3,(H3,30,31). The van der Waals surface area contributed by atoms with Crippen LogP contribution in [-0.2, 0) is 19.6 Å². The number of benzene rings is 2. The van der Waals surface area contributed by atoms with Gasteiger partial charge in [-0.3, -0.25) is 19.9 Å². The van der Waals surface area contributed by atoms with Gasteiger partial charge in [0.1, 0.15) is 11.9 Å². The number of hydrogen-bond acceptors (Lipinski definition) is 7. The second-order valence-electron chi connectivity index (χ2n) is 9.04. The Bertz CT molecular complexity index is 1340. The SMILES string of the molecule is CCOC(=O)CS(=O)(=O)N(CC=Cc1cccc(C(=N)N)c1)c1ccc(OC2CCN(C(C)=N)CC2)c(F)c1. The van der Waals surface area contributed by atoms with Gasteiger partial charge in [-0.1, -0.05) is 30.4 Å². The predicted octanol–water partition coefficient (Wildman–Crippen LogP) is 3.36. The number of piperidine rings is 1. The van der Waals surface area contributed by atoms with Crippen LogP contribution in [0.5, 0.6) is 5.75 Å². The van der Waals surface area contributed by atoms with E-state index >= 15 is 4.39 Å². The van der Waals surface area contributed by atoms with Gasteiger partial charge in [0.05, 0.1) is 24.7 Å². The number of ether oxygens (including phenoxy) is 2. The first-order valence-electron chi connectivity index (χ1n) is 12.5. The molecule has 0 aliphatic carbocycles. The van der Waals surface area contributed by atoms with Crippen LogP contribution in [0.25, 0.3) is 6.08 Å². The van der Waals surface area contributed by atoms with Gasteiger partial charge >= 0.3 is 5.97 Å². The molecule has 0 aromatic heterocycles. The largest absolute Gasteiger partial charge is 0.487 e. The Morgan fingerprint density at radius 1 is 1.21 bits per heavy atom. The van der Waals surface area contributed by atoms with Crippen molar-refractivity contribution in [1.29, 1.82) is 10.8 Å². The minimum Gasteiger partial charge on any atom is -0.487 e. The predicted molar refractivity (Wildman–Crippen MR) is 149 cm³/mol. The van der Waals surface area contributed by atoms with E-state index in [0.717, 1.165) is 10.4 Å². The monoisotopic (exact) mass is 559 g/mol. The molecular weight excluding hydrogens is 525 g/mol. The van der Waals surface area contributed by atoms with Crippen molar-refractivity contribution in [2.24, 2.45) is 5.73 Å². The molecule has 4 N–H and O–H groups in total. The maximum atomic E-state index is 15.1. The fourth-order valence-corrected chi connectivity index (χ4v) is 5.42. The van der Waals surface area contributed by atoms with Crippen LogP contribution in [-0.4, -0.2) is 69.1 Å². The summed E-state index contributed by atoms with van der Waals surface area (Å²) in [6.07, 6.45) is 4.25. The van der Waals surface area contributed by atoms with E-state index in [1.807, 2.05) is 4.90 Å². The number of sulfonamides is 1. The van der Waals surface area contributed by atoms with Gasteiger partial charge in [-0.25, -0.2) is 12.8 Å². The van der Waals surface area contributed by atoms with Gasteiger partial charge in [-0.05, 0) is 37.6 Å². The van der Waals surface area contributed by atoms with Crippen molar-refractivity contribution >= 4 is 39.4 Å². The number of esters is 1. The number of anilines is 1. The average Bonchev–Trinajstić information content (AvgIpc) is 2.88. The Kier molecular flexibility index (Phi) is 10.0. The highest BCUT2D eigenvalue weighted by Crippen LogP contribution is 2.28. The van der Waals surface area contributed by atoms with Gasteiger partial charge in [0.15, 0.2) is 17.3 Å². The second kappa shape index (κ2) is 13.2. The van der Waals surface area contributed by atoms with Gasteiger partial charge in [-0.15, -0.1) is 0 Å². The number of amidine groups is 2. The number of nitrogen functional groups attached to an aromatic ring is 1. The van der Waals surface area contributed by atoms with Crippen molar-refractivity contribution in [2.45, 2.75) is 32.8 Å². The molecule has 0 bridgehead atoms. The average molecular weight is 560 g/mol. The molecule has 39 heavy (non-hydrogen) atoms. The topological polar surface area (TPSA) is 150 Å². The van der Waals surface area contributed by atoms with Crippen molar-refractivity contribution in [3.8, 4) is 5.75 Å². The quantitative estimate of drug-likeness (QED) is 0.217. The number of nitrogens with zero attached hydrogens (tertiary/aromatic N) is 2. The van der Waals surface area contributed by atoms with Crippen LogP contribution in [0.3, 0.4) is 0 Å². The summed E-state index contributed by atoms with van der Waals surface area (Å²) < 4.78 is 53.1. The Morgan fingerprint density at radius 2 is 1.92 bits per heavy atom. The lowest BCUT2D eigenvalue weighted by atomic mass is 10.1. The van der Waals surface area contributed by atoms with E-state index in [1.165, 1.54) is 12.1 Å². The number of carbonyl (C=O) groups is 1. The first-order valence-corrected chi connectivity index (χ1v) is 14.1. The molecule has 0 saturated carbocycles. The summed E-state index contributed by atoms with van der Waals surface area (Å²) in [5.41, 5.74) is 6.77. The van der Waals surface area contributed by atoms with Gasteiger partial charge in [0, 0.05) is 37.6 Å². The van der Waals surface area contributed by atoms with Crippen LogP contribution in [0.15, 0.2) is 48.5 Å². The van der Waals surface area contributed by atoms with Crippen LogP contribution in [0.1, 0.15) is 37.8 Å². The van der Waals surface area contributed by atoms with Crippen LogP contribution in [0, 0.1) is 16.6 Å². The molecule has 210 valence electrons. The van der Waals surface area contributed by atoms with Gasteiger partial charge in [0.25, 0.3) is 0 Å². The minimum atomic E-state index is -4.22. The van der Waals surface area contributed by atoms with Crippen molar-refractivity contribution < 1.29 is 27.1 Å². The van der Waals surface area contributed by atoms with Crippen molar-refractivity contribution in [3.05, 3.63) is 65.5 Å². The molecule has 3 rings (SSSR count). The molecule has 10 nitrogen and oxygen atoms in total. The molecule has 0 atom stereocenters. The molecule has 0 amide bonds. The molecule has 1 aliphatic rings. The lowest BCUT2D eigenvalue weighted by Gasteiger charge is -2.33. The van der Waals surface area contributed by atoms with Crippen LogP contribution in [0.4, 0.5) is 10.1 Å². The summed E-state index contributed by atoms with van der Waals surface area (Å²) in [5, 5.41) is 15.3. The van der Waals surface area contributed by atoms with Crippen molar-refractivity contribution in [3.63, 3.8) is 0 Å². The maximum absolute atomic E-state index is 15.1. The molecule has 2 aromatic carbocycles. The Balaban J connectivity index is 1.82. The smallest absolute Gasteiger partial charge is 0.323 e. The fraction of sp³-hybridized carbons (Fsp3) is 0.370. The zero-order valence-corrected chi connectivity index (χ0v) is 22.8. The molecule has 0 unspecified atom stereocenters. The zero-order valence-electron chi connectivity index (χ0n) is 22.0. The molecule has 12 heteroatoms. The number of hydrogen-bond donors (Lipinski definition) is 3. The lowest BCUT2D eigenvalue weighted by molar-refractivity contribution is -0.139.